The van der Waals surface area contributed by atoms with E-state index in [0.29, 0.717) is 13.1 Å². The molecule has 0 atom stereocenters. The Bertz CT molecular complexity index is 698. The smallest absolute Gasteiger partial charge is 0.234 e. The van der Waals surface area contributed by atoms with Crippen LogP contribution in [0, 0.1) is 0 Å². The second-order valence-electron chi connectivity index (χ2n) is 5.71. The van der Waals surface area contributed by atoms with Gasteiger partial charge in [0.1, 0.15) is 0 Å². The van der Waals surface area contributed by atoms with Crippen LogP contribution in [-0.2, 0) is 4.79 Å². The molecule has 1 amide bonds. The minimum absolute atomic E-state index is 0.111. The molecule has 0 saturated carbocycles. The van der Waals surface area contributed by atoms with Gasteiger partial charge in [0, 0.05) is 54.5 Å². The lowest BCUT2D eigenvalue weighted by Gasteiger charge is -2.36. The summed E-state index contributed by atoms with van der Waals surface area (Å²) in [6, 6.07) is 8.29. The number of rotatable bonds is 4. The van der Waals surface area contributed by atoms with Crippen molar-refractivity contribution in [2.45, 2.75) is 6.92 Å². The van der Waals surface area contributed by atoms with E-state index in [9.17, 15) is 4.79 Å². The molecular weight excluding hydrogens is 356 g/mol. The fourth-order valence-corrected chi connectivity index (χ4v) is 3.33. The molecule has 6 heteroatoms. The molecular formula is C17H21BrN4O. The van der Waals surface area contributed by atoms with Gasteiger partial charge in [-0.25, -0.2) is 0 Å². The normalized spacial score (nSPS) is 15.8. The highest BCUT2D eigenvalue weighted by Gasteiger charge is 2.20. The zero-order chi connectivity index (χ0) is 16.2. The molecule has 1 aliphatic rings. The molecule has 122 valence electrons. The molecule has 1 N–H and O–H groups in total. The minimum atomic E-state index is 0.111. The monoisotopic (exact) mass is 376 g/mol. The number of piperazine rings is 1. The maximum atomic E-state index is 11.7. The number of likely N-dealkylation sites (N-methyl/N-ethyl adjacent to an activating group) is 1. The number of carbonyl (C=O) groups excluding carboxylic acids is 1. The van der Waals surface area contributed by atoms with Crippen LogP contribution in [0.5, 0.6) is 0 Å². The van der Waals surface area contributed by atoms with Crippen LogP contribution in [0.15, 0.2) is 34.9 Å². The molecule has 23 heavy (non-hydrogen) atoms. The van der Waals surface area contributed by atoms with E-state index in [1.807, 2.05) is 19.2 Å². The molecule has 1 aromatic carbocycles. The largest absolute Gasteiger partial charge is 0.368 e. The molecule has 3 rings (SSSR count). The maximum Gasteiger partial charge on any atom is 0.234 e. The molecule has 0 spiro atoms. The molecule has 1 aliphatic heterocycles. The number of fused-ring (bicyclic) bond motifs is 1. The quantitative estimate of drug-likeness (QED) is 0.888. The highest BCUT2D eigenvalue weighted by Crippen LogP contribution is 2.28. The Labute approximate surface area is 144 Å². The number of benzene rings is 1. The summed E-state index contributed by atoms with van der Waals surface area (Å²) in [6.45, 7) is 6.78. The van der Waals surface area contributed by atoms with Crippen LogP contribution < -0.4 is 10.2 Å². The predicted octanol–water partition coefficient (Wildman–Crippen LogP) is 2.26. The van der Waals surface area contributed by atoms with Crippen LogP contribution >= 0.6 is 15.9 Å². The Morgan fingerprint density at radius 2 is 2.04 bits per heavy atom. The van der Waals surface area contributed by atoms with Crippen molar-refractivity contribution in [1.82, 2.24) is 15.2 Å². The Hall–Kier alpha value is -1.66. The summed E-state index contributed by atoms with van der Waals surface area (Å²) in [7, 11) is 0. The van der Waals surface area contributed by atoms with E-state index in [0.717, 1.165) is 36.2 Å². The summed E-state index contributed by atoms with van der Waals surface area (Å²) in [5.41, 5.74) is 2.22. The number of aromatic nitrogens is 1. The number of hydrogen-bond acceptors (Lipinski definition) is 4. The van der Waals surface area contributed by atoms with Crippen molar-refractivity contribution >= 4 is 38.4 Å². The van der Waals surface area contributed by atoms with Crippen molar-refractivity contribution in [3.63, 3.8) is 0 Å². The molecule has 0 aliphatic carbocycles. The fraction of sp³-hybridized carbons (Fsp3) is 0.412. The zero-order valence-corrected chi connectivity index (χ0v) is 14.8. The summed E-state index contributed by atoms with van der Waals surface area (Å²) < 4.78 is 1.04. The first kappa shape index (κ1) is 16.2. The third-order valence-electron chi connectivity index (χ3n) is 4.14. The maximum absolute atomic E-state index is 11.7. The average Bonchev–Trinajstić information content (AvgIpc) is 2.55. The zero-order valence-electron chi connectivity index (χ0n) is 13.3. The molecule has 2 aromatic rings. The highest BCUT2D eigenvalue weighted by atomic mass is 79.9. The number of nitrogens with zero attached hydrogens (tertiary/aromatic N) is 3. The number of nitrogens with one attached hydrogen (secondary N) is 1. The van der Waals surface area contributed by atoms with Crippen molar-refractivity contribution in [3.05, 3.63) is 34.9 Å². The number of anilines is 1. The van der Waals surface area contributed by atoms with Crippen molar-refractivity contribution < 1.29 is 4.79 Å². The molecule has 1 fully saturated rings. The number of carbonyl (C=O) groups is 1. The molecule has 0 bridgehead atoms. The number of amides is 1. The van der Waals surface area contributed by atoms with Gasteiger partial charge in [-0.1, -0.05) is 15.9 Å². The van der Waals surface area contributed by atoms with E-state index >= 15 is 0 Å². The van der Waals surface area contributed by atoms with Gasteiger partial charge in [0.15, 0.2) is 0 Å². The van der Waals surface area contributed by atoms with Crippen molar-refractivity contribution in [2.24, 2.45) is 0 Å². The second kappa shape index (κ2) is 7.27. The summed E-state index contributed by atoms with van der Waals surface area (Å²) in [5, 5.41) is 4.03. The standard InChI is InChI=1S/C17H21BrN4O/c1-2-19-17(23)12-21-7-9-22(10-8-21)16-5-6-20-15-11-13(18)3-4-14(15)16/h3-6,11H,2,7-10,12H2,1H3,(H,19,23). The van der Waals surface area contributed by atoms with Gasteiger partial charge in [0.05, 0.1) is 12.1 Å². The van der Waals surface area contributed by atoms with Gasteiger partial charge in [-0.2, -0.15) is 0 Å². The van der Waals surface area contributed by atoms with Crippen LogP contribution in [-0.4, -0.2) is 55.1 Å². The van der Waals surface area contributed by atoms with Gasteiger partial charge in [-0.05, 0) is 31.2 Å². The number of hydrogen-bond donors (Lipinski definition) is 1. The van der Waals surface area contributed by atoms with Crippen LogP contribution in [0.25, 0.3) is 10.9 Å². The third-order valence-corrected chi connectivity index (χ3v) is 4.63. The van der Waals surface area contributed by atoms with Crippen LogP contribution in [0.3, 0.4) is 0 Å². The predicted molar refractivity (Wildman–Crippen MR) is 96.8 cm³/mol. The van der Waals surface area contributed by atoms with E-state index in [2.05, 4.69) is 54.2 Å². The lowest BCUT2D eigenvalue weighted by Crippen LogP contribution is -2.49. The van der Waals surface area contributed by atoms with Gasteiger partial charge >= 0.3 is 0 Å². The van der Waals surface area contributed by atoms with Gasteiger partial charge in [0.2, 0.25) is 5.91 Å². The summed E-state index contributed by atoms with van der Waals surface area (Å²) >= 11 is 3.50. The molecule has 5 nitrogen and oxygen atoms in total. The Kier molecular flexibility index (Phi) is 5.13. The second-order valence-corrected chi connectivity index (χ2v) is 6.62. The molecule has 1 aromatic heterocycles. The van der Waals surface area contributed by atoms with Crippen LogP contribution in [0.2, 0.25) is 0 Å². The van der Waals surface area contributed by atoms with E-state index < -0.39 is 0 Å². The summed E-state index contributed by atoms with van der Waals surface area (Å²) in [6.07, 6.45) is 1.87. The van der Waals surface area contributed by atoms with E-state index in [4.69, 9.17) is 0 Å². The summed E-state index contributed by atoms with van der Waals surface area (Å²) in [5.74, 6) is 0.111. The first-order chi connectivity index (χ1) is 11.2. The Morgan fingerprint density at radius 3 is 2.78 bits per heavy atom. The van der Waals surface area contributed by atoms with Crippen LogP contribution in [0.1, 0.15) is 6.92 Å². The van der Waals surface area contributed by atoms with Gasteiger partial charge in [-0.3, -0.25) is 14.7 Å². The van der Waals surface area contributed by atoms with Crippen molar-refractivity contribution in [1.29, 1.82) is 0 Å². The molecule has 0 unspecified atom stereocenters. The first-order valence-electron chi connectivity index (χ1n) is 7.95. The van der Waals surface area contributed by atoms with Gasteiger partial charge < -0.3 is 10.2 Å². The van der Waals surface area contributed by atoms with Gasteiger partial charge in [0.25, 0.3) is 0 Å². The lowest BCUT2D eigenvalue weighted by molar-refractivity contribution is -0.122. The topological polar surface area (TPSA) is 48.5 Å². The molecule has 0 radical (unpaired) electrons. The average molecular weight is 377 g/mol. The molecule has 2 heterocycles. The Morgan fingerprint density at radius 1 is 1.26 bits per heavy atom. The van der Waals surface area contributed by atoms with E-state index in [1.54, 1.807) is 0 Å². The lowest BCUT2D eigenvalue weighted by atomic mass is 10.1. The van der Waals surface area contributed by atoms with Gasteiger partial charge in [-0.15, -0.1) is 0 Å². The van der Waals surface area contributed by atoms with E-state index in [-0.39, 0.29) is 5.91 Å². The first-order valence-corrected chi connectivity index (χ1v) is 8.75. The Balaban J connectivity index is 1.69. The van der Waals surface area contributed by atoms with Crippen LogP contribution in [0.4, 0.5) is 5.69 Å². The van der Waals surface area contributed by atoms with E-state index in [1.165, 1.54) is 11.1 Å². The SMILES string of the molecule is CCNC(=O)CN1CCN(c2ccnc3cc(Br)ccc23)CC1. The fourth-order valence-electron chi connectivity index (χ4n) is 2.98. The summed E-state index contributed by atoms with van der Waals surface area (Å²) in [4.78, 5) is 20.7. The number of halogens is 1. The highest BCUT2D eigenvalue weighted by molar-refractivity contribution is 9.10. The van der Waals surface area contributed by atoms with Crippen molar-refractivity contribution in [2.75, 3.05) is 44.2 Å². The molecule has 1 saturated heterocycles. The van der Waals surface area contributed by atoms with Crippen molar-refractivity contribution in [3.8, 4) is 0 Å². The third kappa shape index (κ3) is 3.82. The number of pyridine rings is 1. The minimum Gasteiger partial charge on any atom is -0.368 e.